The Bertz CT molecular complexity index is 90.3. The zero-order valence-corrected chi connectivity index (χ0v) is 9.80. The van der Waals surface area contributed by atoms with Crippen LogP contribution in [0.3, 0.4) is 0 Å². The Kier molecular flexibility index (Phi) is 21.2. The van der Waals surface area contributed by atoms with E-state index in [-0.39, 0.29) is 0 Å². The summed E-state index contributed by atoms with van der Waals surface area (Å²) in [6.45, 7) is 7.14. The Balaban J connectivity index is 0. The minimum Gasteiger partial charge on any atom is -0.329 e. The molecule has 0 amide bonds. The van der Waals surface area contributed by atoms with Gasteiger partial charge < -0.3 is 11.5 Å². The molecule has 0 saturated heterocycles. The Morgan fingerprint density at radius 2 is 1.43 bits per heavy atom. The molecule has 0 aliphatic heterocycles. The van der Waals surface area contributed by atoms with E-state index in [2.05, 4.69) is 13.5 Å². The van der Waals surface area contributed by atoms with E-state index in [1.54, 1.807) is 0 Å². The van der Waals surface area contributed by atoms with Crippen LogP contribution in [0.25, 0.3) is 0 Å². The maximum absolute atomic E-state index is 4.90. The van der Waals surface area contributed by atoms with Crippen molar-refractivity contribution in [3.8, 4) is 0 Å². The first-order valence-corrected chi connectivity index (χ1v) is 5.84. The molecule has 0 aromatic heterocycles. The number of hydrogen-bond donors (Lipinski definition) is 2. The number of nitrogens with two attached hydrogens (primary N) is 2. The lowest BCUT2D eigenvalue weighted by atomic mass is 10.1. The SMILES string of the molecule is C=CCCCCCCCC.NCCN. The zero-order chi connectivity index (χ0) is 11.1. The van der Waals surface area contributed by atoms with Gasteiger partial charge in [-0.2, -0.15) is 0 Å². The summed E-state index contributed by atoms with van der Waals surface area (Å²) in [4.78, 5) is 0. The van der Waals surface area contributed by atoms with Crippen LogP contribution >= 0.6 is 0 Å². The molecular formula is C12H28N2. The molecule has 0 unspecified atom stereocenters. The Labute approximate surface area is 89.7 Å². The molecule has 0 atom stereocenters. The second-order valence-electron chi connectivity index (χ2n) is 3.42. The van der Waals surface area contributed by atoms with Gasteiger partial charge in [-0.05, 0) is 12.8 Å². The largest absolute Gasteiger partial charge is 0.329 e. The molecule has 86 valence electrons. The first kappa shape index (κ1) is 16.1. The molecule has 0 aromatic carbocycles. The summed E-state index contributed by atoms with van der Waals surface area (Å²) in [6.07, 6.45) is 11.6. The van der Waals surface area contributed by atoms with Gasteiger partial charge in [0.2, 0.25) is 0 Å². The summed E-state index contributed by atoms with van der Waals surface area (Å²) in [5, 5.41) is 0. The molecule has 0 spiro atoms. The number of allylic oxidation sites excluding steroid dienone is 1. The second kappa shape index (κ2) is 18.4. The molecule has 0 aromatic rings. The highest BCUT2D eigenvalue weighted by Crippen LogP contribution is 2.06. The number of rotatable bonds is 8. The van der Waals surface area contributed by atoms with Crippen LogP contribution in [0.2, 0.25) is 0 Å². The third-order valence-corrected chi connectivity index (χ3v) is 1.93. The summed E-state index contributed by atoms with van der Waals surface area (Å²) in [5.41, 5.74) is 9.81. The molecule has 0 rings (SSSR count). The van der Waals surface area contributed by atoms with Crippen LogP contribution in [0, 0.1) is 0 Å². The smallest absolute Gasteiger partial charge is 0.00461 e. The van der Waals surface area contributed by atoms with Crippen molar-refractivity contribution in [2.75, 3.05) is 13.1 Å². The van der Waals surface area contributed by atoms with Crippen molar-refractivity contribution in [1.29, 1.82) is 0 Å². The van der Waals surface area contributed by atoms with E-state index < -0.39 is 0 Å². The quantitative estimate of drug-likeness (QED) is 0.467. The summed E-state index contributed by atoms with van der Waals surface area (Å²) in [7, 11) is 0. The fraction of sp³-hybridized carbons (Fsp3) is 0.833. The maximum atomic E-state index is 4.90. The molecule has 14 heavy (non-hydrogen) atoms. The average Bonchev–Trinajstić information content (AvgIpc) is 2.24. The van der Waals surface area contributed by atoms with Gasteiger partial charge in [0.05, 0.1) is 0 Å². The first-order chi connectivity index (χ1) is 6.83. The Morgan fingerprint density at radius 1 is 0.929 bits per heavy atom. The standard InChI is InChI=1S/C10H20.C2H8N2/c1-3-5-7-9-10-8-6-4-2;3-1-2-4/h3H,1,4-10H2,2H3;1-4H2. The van der Waals surface area contributed by atoms with E-state index >= 15 is 0 Å². The third kappa shape index (κ3) is 22.6. The lowest BCUT2D eigenvalue weighted by Gasteiger charge is -1.96. The first-order valence-electron chi connectivity index (χ1n) is 5.84. The molecule has 0 aliphatic rings. The van der Waals surface area contributed by atoms with E-state index in [0.717, 1.165) is 0 Å². The summed E-state index contributed by atoms with van der Waals surface area (Å²) < 4.78 is 0. The minimum atomic E-state index is 0.597. The van der Waals surface area contributed by atoms with E-state index in [0.29, 0.717) is 13.1 Å². The molecule has 0 aliphatic carbocycles. The van der Waals surface area contributed by atoms with Crippen molar-refractivity contribution in [1.82, 2.24) is 0 Å². The van der Waals surface area contributed by atoms with E-state index in [4.69, 9.17) is 11.5 Å². The fourth-order valence-electron chi connectivity index (χ4n) is 1.07. The van der Waals surface area contributed by atoms with Gasteiger partial charge in [0.1, 0.15) is 0 Å². The number of hydrogen-bond acceptors (Lipinski definition) is 2. The van der Waals surface area contributed by atoms with Gasteiger partial charge in [0, 0.05) is 13.1 Å². The molecule has 0 bridgehead atoms. The van der Waals surface area contributed by atoms with Crippen LogP contribution in [-0.4, -0.2) is 13.1 Å². The van der Waals surface area contributed by atoms with Crippen LogP contribution in [0.15, 0.2) is 12.7 Å². The summed E-state index contributed by atoms with van der Waals surface area (Å²) in [5.74, 6) is 0. The molecule has 2 heteroatoms. The molecule has 0 radical (unpaired) electrons. The van der Waals surface area contributed by atoms with Gasteiger partial charge in [-0.1, -0.05) is 45.1 Å². The minimum absolute atomic E-state index is 0.597. The van der Waals surface area contributed by atoms with Gasteiger partial charge in [0.15, 0.2) is 0 Å². The molecule has 4 N–H and O–H groups in total. The van der Waals surface area contributed by atoms with Crippen LogP contribution in [0.1, 0.15) is 51.9 Å². The zero-order valence-electron chi connectivity index (χ0n) is 9.80. The van der Waals surface area contributed by atoms with Crippen LogP contribution in [-0.2, 0) is 0 Å². The van der Waals surface area contributed by atoms with Crippen molar-refractivity contribution in [2.45, 2.75) is 51.9 Å². The van der Waals surface area contributed by atoms with Crippen LogP contribution < -0.4 is 11.5 Å². The lowest BCUT2D eigenvalue weighted by Crippen LogP contribution is -2.11. The Morgan fingerprint density at radius 3 is 1.86 bits per heavy atom. The van der Waals surface area contributed by atoms with E-state index in [1.165, 1.54) is 44.9 Å². The van der Waals surface area contributed by atoms with Gasteiger partial charge in [-0.3, -0.25) is 0 Å². The van der Waals surface area contributed by atoms with Gasteiger partial charge in [-0.15, -0.1) is 6.58 Å². The van der Waals surface area contributed by atoms with Crippen molar-refractivity contribution in [2.24, 2.45) is 11.5 Å². The van der Waals surface area contributed by atoms with Crippen molar-refractivity contribution >= 4 is 0 Å². The fourth-order valence-corrected chi connectivity index (χ4v) is 1.07. The van der Waals surface area contributed by atoms with Crippen LogP contribution in [0.4, 0.5) is 0 Å². The van der Waals surface area contributed by atoms with Gasteiger partial charge in [0.25, 0.3) is 0 Å². The molecular weight excluding hydrogens is 172 g/mol. The monoisotopic (exact) mass is 200 g/mol. The summed E-state index contributed by atoms with van der Waals surface area (Å²) in [6, 6.07) is 0. The predicted molar refractivity (Wildman–Crippen MR) is 66.3 cm³/mol. The van der Waals surface area contributed by atoms with Crippen molar-refractivity contribution < 1.29 is 0 Å². The highest BCUT2D eigenvalue weighted by molar-refractivity contribution is 4.65. The van der Waals surface area contributed by atoms with Gasteiger partial charge >= 0.3 is 0 Å². The summed E-state index contributed by atoms with van der Waals surface area (Å²) >= 11 is 0. The molecule has 0 heterocycles. The van der Waals surface area contributed by atoms with E-state index in [9.17, 15) is 0 Å². The van der Waals surface area contributed by atoms with Crippen LogP contribution in [0.5, 0.6) is 0 Å². The Hall–Kier alpha value is -0.340. The average molecular weight is 200 g/mol. The highest BCUT2D eigenvalue weighted by atomic mass is 14.6. The topological polar surface area (TPSA) is 52.0 Å². The predicted octanol–water partition coefficient (Wildman–Crippen LogP) is 2.83. The molecule has 0 fully saturated rings. The van der Waals surface area contributed by atoms with Crippen molar-refractivity contribution in [3.05, 3.63) is 12.7 Å². The molecule has 0 saturated carbocycles. The third-order valence-electron chi connectivity index (χ3n) is 1.93. The lowest BCUT2D eigenvalue weighted by molar-refractivity contribution is 0.611. The van der Waals surface area contributed by atoms with Crippen molar-refractivity contribution in [3.63, 3.8) is 0 Å². The maximum Gasteiger partial charge on any atom is 0.00461 e. The normalized spacial score (nSPS) is 9.07. The van der Waals surface area contributed by atoms with Gasteiger partial charge in [-0.25, -0.2) is 0 Å². The van der Waals surface area contributed by atoms with E-state index in [1.807, 2.05) is 6.08 Å². The second-order valence-corrected chi connectivity index (χ2v) is 3.42. The molecule has 2 nitrogen and oxygen atoms in total. The highest BCUT2D eigenvalue weighted by Gasteiger charge is 1.86. The number of unbranched alkanes of at least 4 members (excludes halogenated alkanes) is 6.